The van der Waals surface area contributed by atoms with Gasteiger partial charge in [-0.3, -0.25) is 0 Å². The number of aromatic nitrogens is 3. The molecule has 1 aromatic heterocycles. The molecule has 0 atom stereocenters. The highest BCUT2D eigenvalue weighted by atomic mass is 15.3. The van der Waals surface area contributed by atoms with Gasteiger partial charge in [0.2, 0.25) is 11.9 Å². The van der Waals surface area contributed by atoms with Gasteiger partial charge in [0, 0.05) is 26.1 Å². The van der Waals surface area contributed by atoms with Gasteiger partial charge in [0.25, 0.3) is 0 Å². The Labute approximate surface area is 115 Å². The van der Waals surface area contributed by atoms with E-state index in [2.05, 4.69) is 39.0 Å². The van der Waals surface area contributed by atoms with E-state index in [1.807, 2.05) is 0 Å². The Kier molecular flexibility index (Phi) is 5.36. The smallest absolute Gasteiger partial charge is 0.230 e. The second-order valence-electron chi connectivity index (χ2n) is 5.10. The van der Waals surface area contributed by atoms with Crippen LogP contribution in [0.3, 0.4) is 0 Å². The Bertz CT molecular complexity index is 361. The molecule has 106 valence electrons. The van der Waals surface area contributed by atoms with Crippen LogP contribution < -0.4 is 10.2 Å². The highest BCUT2D eigenvalue weighted by Gasteiger charge is 2.17. The highest BCUT2D eigenvalue weighted by molar-refractivity contribution is 5.37. The molecule has 0 unspecified atom stereocenters. The maximum atomic E-state index is 4.62. The predicted octanol–water partition coefficient (Wildman–Crippen LogP) is 2.64. The van der Waals surface area contributed by atoms with Crippen molar-refractivity contribution in [1.82, 2.24) is 15.0 Å². The van der Waals surface area contributed by atoms with E-state index < -0.39 is 0 Å². The van der Waals surface area contributed by atoms with E-state index in [4.69, 9.17) is 0 Å². The molecule has 1 saturated heterocycles. The number of unbranched alkanes of at least 4 members (excludes halogenated alkanes) is 1. The molecule has 1 aliphatic rings. The number of rotatable bonds is 7. The summed E-state index contributed by atoms with van der Waals surface area (Å²) in [5.41, 5.74) is 0. The molecule has 1 aromatic rings. The molecule has 1 fully saturated rings. The lowest BCUT2D eigenvalue weighted by molar-refractivity contribution is 0.736. The fourth-order valence-electron chi connectivity index (χ4n) is 2.23. The van der Waals surface area contributed by atoms with Crippen LogP contribution in [0.25, 0.3) is 0 Å². The van der Waals surface area contributed by atoms with Crippen LogP contribution in [-0.4, -0.2) is 34.6 Å². The molecular weight excluding hydrogens is 238 g/mol. The molecule has 0 spiro atoms. The molecule has 2 heterocycles. The van der Waals surface area contributed by atoms with Gasteiger partial charge in [-0.25, -0.2) is 0 Å². The monoisotopic (exact) mass is 263 g/mol. The summed E-state index contributed by atoms with van der Waals surface area (Å²) in [4.78, 5) is 16.0. The minimum atomic E-state index is 0.741. The summed E-state index contributed by atoms with van der Waals surface area (Å²) in [6.07, 6.45) is 6.82. The van der Waals surface area contributed by atoms with Crippen LogP contribution in [0, 0.1) is 0 Å². The van der Waals surface area contributed by atoms with Gasteiger partial charge in [-0.15, -0.1) is 0 Å². The van der Waals surface area contributed by atoms with Crippen LogP contribution >= 0.6 is 0 Å². The predicted molar refractivity (Wildman–Crippen MR) is 78.7 cm³/mol. The summed E-state index contributed by atoms with van der Waals surface area (Å²) in [5.74, 6) is 2.53. The van der Waals surface area contributed by atoms with Crippen LogP contribution in [-0.2, 0) is 6.42 Å². The molecule has 0 amide bonds. The summed E-state index contributed by atoms with van der Waals surface area (Å²) >= 11 is 0. The van der Waals surface area contributed by atoms with Crippen LogP contribution in [0.15, 0.2) is 0 Å². The summed E-state index contributed by atoms with van der Waals surface area (Å²) in [6, 6.07) is 0. The molecule has 19 heavy (non-hydrogen) atoms. The third kappa shape index (κ3) is 4.04. The molecule has 0 aliphatic carbocycles. The van der Waals surface area contributed by atoms with Gasteiger partial charge in [0.15, 0.2) is 0 Å². The molecule has 1 N–H and O–H groups in total. The first-order valence-corrected chi connectivity index (χ1v) is 7.57. The minimum Gasteiger partial charge on any atom is -0.354 e. The zero-order chi connectivity index (χ0) is 13.5. The number of anilines is 2. The molecule has 0 saturated carbocycles. The maximum Gasteiger partial charge on any atom is 0.230 e. The van der Waals surface area contributed by atoms with Crippen molar-refractivity contribution < 1.29 is 0 Å². The number of hydrogen-bond acceptors (Lipinski definition) is 5. The van der Waals surface area contributed by atoms with Gasteiger partial charge >= 0.3 is 0 Å². The van der Waals surface area contributed by atoms with Crippen molar-refractivity contribution in [1.29, 1.82) is 0 Å². The maximum absolute atomic E-state index is 4.62. The van der Waals surface area contributed by atoms with Gasteiger partial charge in [0.05, 0.1) is 0 Å². The van der Waals surface area contributed by atoms with Crippen LogP contribution in [0.1, 0.15) is 51.8 Å². The second-order valence-corrected chi connectivity index (χ2v) is 5.10. The topological polar surface area (TPSA) is 53.9 Å². The minimum absolute atomic E-state index is 0.741. The lowest BCUT2D eigenvalue weighted by Gasteiger charge is -2.16. The molecule has 0 radical (unpaired) electrons. The highest BCUT2D eigenvalue weighted by Crippen LogP contribution is 2.17. The van der Waals surface area contributed by atoms with E-state index >= 15 is 0 Å². The lowest BCUT2D eigenvalue weighted by atomic mass is 10.2. The van der Waals surface area contributed by atoms with Gasteiger partial charge in [0.1, 0.15) is 5.82 Å². The van der Waals surface area contributed by atoms with E-state index in [0.717, 1.165) is 56.6 Å². The Morgan fingerprint density at radius 3 is 2.53 bits per heavy atom. The van der Waals surface area contributed by atoms with Crippen LogP contribution in [0.2, 0.25) is 0 Å². The zero-order valence-corrected chi connectivity index (χ0v) is 12.2. The normalized spacial score (nSPS) is 14.9. The number of nitrogens with one attached hydrogen (secondary N) is 1. The summed E-state index contributed by atoms with van der Waals surface area (Å²) in [5, 5.41) is 3.29. The second kappa shape index (κ2) is 7.26. The molecule has 1 aliphatic heterocycles. The van der Waals surface area contributed by atoms with Crippen molar-refractivity contribution in [2.75, 3.05) is 29.9 Å². The van der Waals surface area contributed by atoms with Crippen LogP contribution in [0.4, 0.5) is 11.9 Å². The van der Waals surface area contributed by atoms with Crippen molar-refractivity contribution in [2.24, 2.45) is 0 Å². The molecule has 5 heteroatoms. The fourth-order valence-corrected chi connectivity index (χ4v) is 2.23. The molecule has 0 aromatic carbocycles. The van der Waals surface area contributed by atoms with Gasteiger partial charge in [-0.05, 0) is 25.7 Å². The van der Waals surface area contributed by atoms with E-state index in [-0.39, 0.29) is 0 Å². The van der Waals surface area contributed by atoms with Crippen molar-refractivity contribution in [3.63, 3.8) is 0 Å². The average molecular weight is 263 g/mol. The van der Waals surface area contributed by atoms with E-state index in [0.29, 0.717) is 0 Å². The standard InChI is InChI=1S/C14H25N5/c1-3-5-8-12-16-13(15-9-4-2)18-14(17-12)19-10-6-7-11-19/h3-11H2,1-2H3,(H,15,16,17,18). The van der Waals surface area contributed by atoms with E-state index in [1.54, 1.807) is 0 Å². The largest absolute Gasteiger partial charge is 0.354 e. The molecule has 2 rings (SSSR count). The Morgan fingerprint density at radius 1 is 1.05 bits per heavy atom. The first kappa shape index (κ1) is 14.0. The Hall–Kier alpha value is -1.39. The summed E-state index contributed by atoms with van der Waals surface area (Å²) in [7, 11) is 0. The zero-order valence-electron chi connectivity index (χ0n) is 12.2. The Morgan fingerprint density at radius 2 is 1.84 bits per heavy atom. The lowest BCUT2D eigenvalue weighted by Crippen LogP contribution is -2.22. The SMILES string of the molecule is CCCCc1nc(NCCC)nc(N2CCCC2)n1. The average Bonchev–Trinajstić information content (AvgIpc) is 2.97. The van der Waals surface area contributed by atoms with E-state index in [1.165, 1.54) is 19.3 Å². The van der Waals surface area contributed by atoms with Gasteiger partial charge in [-0.2, -0.15) is 15.0 Å². The fraction of sp³-hybridized carbons (Fsp3) is 0.786. The van der Waals surface area contributed by atoms with Crippen molar-refractivity contribution in [2.45, 2.75) is 52.4 Å². The Balaban J connectivity index is 2.14. The van der Waals surface area contributed by atoms with Crippen LogP contribution in [0.5, 0.6) is 0 Å². The van der Waals surface area contributed by atoms with Crippen molar-refractivity contribution in [3.8, 4) is 0 Å². The first-order chi connectivity index (χ1) is 9.33. The van der Waals surface area contributed by atoms with Crippen molar-refractivity contribution >= 4 is 11.9 Å². The number of aryl methyl sites for hydroxylation is 1. The van der Waals surface area contributed by atoms with Crippen molar-refractivity contribution in [3.05, 3.63) is 5.82 Å². The molecule has 0 bridgehead atoms. The number of hydrogen-bond donors (Lipinski definition) is 1. The third-order valence-corrected chi connectivity index (χ3v) is 3.35. The first-order valence-electron chi connectivity index (χ1n) is 7.57. The van der Waals surface area contributed by atoms with Gasteiger partial charge < -0.3 is 10.2 Å². The summed E-state index contributed by atoms with van der Waals surface area (Å²) < 4.78 is 0. The summed E-state index contributed by atoms with van der Waals surface area (Å²) in [6.45, 7) is 7.40. The number of nitrogens with zero attached hydrogens (tertiary/aromatic N) is 4. The van der Waals surface area contributed by atoms with Gasteiger partial charge in [-0.1, -0.05) is 20.3 Å². The molecule has 5 nitrogen and oxygen atoms in total. The quantitative estimate of drug-likeness (QED) is 0.819. The van der Waals surface area contributed by atoms with E-state index in [9.17, 15) is 0 Å². The molecular formula is C14H25N5. The third-order valence-electron chi connectivity index (χ3n) is 3.35.